The third-order valence-corrected chi connectivity index (χ3v) is 4.00. The van der Waals surface area contributed by atoms with Gasteiger partial charge in [-0.25, -0.2) is 0 Å². The van der Waals surface area contributed by atoms with E-state index in [2.05, 4.69) is 32.1 Å². The van der Waals surface area contributed by atoms with Gasteiger partial charge in [0.05, 0.1) is 6.26 Å². The van der Waals surface area contributed by atoms with E-state index in [4.69, 9.17) is 4.74 Å². The van der Waals surface area contributed by atoms with Gasteiger partial charge in [0.2, 0.25) is 0 Å². The largest absolute Gasteiger partial charge is 0.497 e. The van der Waals surface area contributed by atoms with Crippen LogP contribution in [0.3, 0.4) is 0 Å². The molecule has 0 heterocycles. The number of hydrogen-bond acceptors (Lipinski definition) is 1. The van der Waals surface area contributed by atoms with Crippen molar-refractivity contribution in [1.82, 2.24) is 0 Å². The standard InChI is InChI=1S/C21H40O/c1-3-5-7-9-11-13-15-17-19-21-22-20-18-16-14-12-10-8-6-4-2/h17-20H,3-16,21H2,1-2H3/b19-17+,20-18?. The van der Waals surface area contributed by atoms with Gasteiger partial charge in [0.15, 0.2) is 0 Å². The summed E-state index contributed by atoms with van der Waals surface area (Å²) in [4.78, 5) is 0. The molecule has 0 saturated heterocycles. The van der Waals surface area contributed by atoms with Gasteiger partial charge < -0.3 is 4.74 Å². The molecule has 0 aromatic carbocycles. The Hall–Kier alpha value is -0.720. The van der Waals surface area contributed by atoms with Gasteiger partial charge >= 0.3 is 0 Å². The van der Waals surface area contributed by atoms with Crippen molar-refractivity contribution in [1.29, 1.82) is 0 Å². The van der Waals surface area contributed by atoms with Crippen molar-refractivity contribution in [3.8, 4) is 0 Å². The maximum Gasteiger partial charge on any atom is 0.105 e. The first-order valence-electron chi connectivity index (χ1n) is 9.83. The molecule has 0 amide bonds. The van der Waals surface area contributed by atoms with Crippen molar-refractivity contribution < 1.29 is 4.74 Å². The van der Waals surface area contributed by atoms with Gasteiger partial charge in [0, 0.05) is 0 Å². The maximum absolute atomic E-state index is 5.47. The zero-order chi connectivity index (χ0) is 16.1. The van der Waals surface area contributed by atoms with Crippen LogP contribution in [0.2, 0.25) is 0 Å². The molecule has 0 bridgehead atoms. The average Bonchev–Trinajstić information content (AvgIpc) is 2.54. The summed E-state index contributed by atoms with van der Waals surface area (Å²) in [5.41, 5.74) is 0. The van der Waals surface area contributed by atoms with Crippen LogP contribution in [-0.4, -0.2) is 6.61 Å². The van der Waals surface area contributed by atoms with Gasteiger partial charge in [-0.3, -0.25) is 0 Å². The molecule has 0 spiro atoms. The average molecular weight is 309 g/mol. The van der Waals surface area contributed by atoms with Gasteiger partial charge in [-0.05, 0) is 31.8 Å². The second-order valence-corrected chi connectivity index (χ2v) is 6.29. The van der Waals surface area contributed by atoms with E-state index in [1.807, 2.05) is 6.26 Å². The molecule has 1 heteroatoms. The normalized spacial score (nSPS) is 11.7. The molecule has 0 fully saturated rings. The van der Waals surface area contributed by atoms with Crippen LogP contribution >= 0.6 is 0 Å². The second kappa shape index (κ2) is 20.3. The highest BCUT2D eigenvalue weighted by molar-refractivity contribution is 4.83. The lowest BCUT2D eigenvalue weighted by atomic mass is 10.1. The topological polar surface area (TPSA) is 9.23 Å². The highest BCUT2D eigenvalue weighted by Gasteiger charge is 1.89. The van der Waals surface area contributed by atoms with Gasteiger partial charge in [-0.2, -0.15) is 0 Å². The first kappa shape index (κ1) is 21.3. The van der Waals surface area contributed by atoms with Gasteiger partial charge in [0.25, 0.3) is 0 Å². The SMILES string of the molecule is CCCCCCCCC=COC/C=C/CCCCCCCC. The fourth-order valence-electron chi connectivity index (χ4n) is 2.52. The molecular formula is C21H40O. The molecule has 22 heavy (non-hydrogen) atoms. The third-order valence-electron chi connectivity index (χ3n) is 4.00. The predicted molar refractivity (Wildman–Crippen MR) is 100 cm³/mol. The molecule has 130 valence electrons. The summed E-state index contributed by atoms with van der Waals surface area (Å²) in [5.74, 6) is 0. The Kier molecular flexibility index (Phi) is 19.6. The van der Waals surface area contributed by atoms with E-state index < -0.39 is 0 Å². The van der Waals surface area contributed by atoms with Crippen molar-refractivity contribution in [2.24, 2.45) is 0 Å². The van der Waals surface area contributed by atoms with Gasteiger partial charge in [-0.1, -0.05) is 90.2 Å². The van der Waals surface area contributed by atoms with Crippen LogP contribution in [0.15, 0.2) is 24.5 Å². The Morgan fingerprint density at radius 3 is 1.64 bits per heavy atom. The van der Waals surface area contributed by atoms with Gasteiger partial charge in [0.1, 0.15) is 6.61 Å². The quantitative estimate of drug-likeness (QED) is 0.153. The van der Waals surface area contributed by atoms with Crippen LogP contribution in [0, 0.1) is 0 Å². The lowest BCUT2D eigenvalue weighted by molar-refractivity contribution is 0.288. The Balaban J connectivity index is 3.14. The summed E-state index contributed by atoms with van der Waals surface area (Å²) in [7, 11) is 0. The summed E-state index contributed by atoms with van der Waals surface area (Å²) in [6, 6.07) is 0. The summed E-state index contributed by atoms with van der Waals surface area (Å²) in [6.07, 6.45) is 27.3. The fourth-order valence-corrected chi connectivity index (χ4v) is 2.52. The van der Waals surface area contributed by atoms with E-state index in [0.29, 0.717) is 0 Å². The van der Waals surface area contributed by atoms with Crippen molar-refractivity contribution in [2.45, 2.75) is 104 Å². The summed E-state index contributed by atoms with van der Waals surface area (Å²) < 4.78 is 5.47. The summed E-state index contributed by atoms with van der Waals surface area (Å²) >= 11 is 0. The lowest BCUT2D eigenvalue weighted by Gasteiger charge is -1.99. The van der Waals surface area contributed by atoms with Crippen LogP contribution < -0.4 is 0 Å². The molecule has 0 unspecified atom stereocenters. The Bertz CT molecular complexity index is 216. The monoisotopic (exact) mass is 308 g/mol. The van der Waals surface area contributed by atoms with Crippen molar-refractivity contribution in [2.75, 3.05) is 6.61 Å². The minimum Gasteiger partial charge on any atom is -0.497 e. The molecule has 0 aromatic heterocycles. The summed E-state index contributed by atoms with van der Waals surface area (Å²) in [5, 5.41) is 0. The van der Waals surface area contributed by atoms with E-state index in [-0.39, 0.29) is 0 Å². The molecule has 0 aliphatic carbocycles. The van der Waals surface area contributed by atoms with E-state index in [1.165, 1.54) is 83.5 Å². The maximum atomic E-state index is 5.47. The minimum atomic E-state index is 0.725. The molecule has 1 nitrogen and oxygen atoms in total. The minimum absolute atomic E-state index is 0.725. The third kappa shape index (κ3) is 19.3. The van der Waals surface area contributed by atoms with Crippen molar-refractivity contribution >= 4 is 0 Å². The van der Waals surface area contributed by atoms with E-state index in [9.17, 15) is 0 Å². The fraction of sp³-hybridized carbons (Fsp3) is 0.810. The number of unbranched alkanes of at least 4 members (excludes halogenated alkanes) is 12. The predicted octanol–water partition coefficient (Wildman–Crippen LogP) is 7.57. The van der Waals surface area contributed by atoms with Crippen molar-refractivity contribution in [3.05, 3.63) is 24.5 Å². The number of rotatable bonds is 17. The molecule has 0 rings (SSSR count). The van der Waals surface area contributed by atoms with Crippen molar-refractivity contribution in [3.63, 3.8) is 0 Å². The molecule has 0 aliphatic rings. The molecule has 0 saturated carbocycles. The molecule has 0 aliphatic heterocycles. The molecule has 0 radical (unpaired) electrons. The number of hydrogen-bond donors (Lipinski definition) is 0. The second-order valence-electron chi connectivity index (χ2n) is 6.29. The highest BCUT2D eigenvalue weighted by Crippen LogP contribution is 2.08. The first-order chi connectivity index (χ1) is 10.9. The smallest absolute Gasteiger partial charge is 0.105 e. The van der Waals surface area contributed by atoms with Gasteiger partial charge in [-0.15, -0.1) is 0 Å². The molecule has 0 N–H and O–H groups in total. The van der Waals surface area contributed by atoms with Crippen LogP contribution in [0.5, 0.6) is 0 Å². The zero-order valence-electron chi connectivity index (χ0n) is 15.3. The highest BCUT2D eigenvalue weighted by atomic mass is 16.5. The van der Waals surface area contributed by atoms with Crippen LogP contribution in [0.1, 0.15) is 104 Å². The molecular weight excluding hydrogens is 268 g/mol. The Labute approximate surface area is 140 Å². The van der Waals surface area contributed by atoms with E-state index in [1.54, 1.807) is 0 Å². The van der Waals surface area contributed by atoms with E-state index in [0.717, 1.165) is 13.0 Å². The van der Waals surface area contributed by atoms with Crippen LogP contribution in [0.4, 0.5) is 0 Å². The number of ether oxygens (including phenoxy) is 1. The Morgan fingerprint density at radius 2 is 1.05 bits per heavy atom. The molecule has 0 atom stereocenters. The molecule has 0 aromatic rings. The van der Waals surface area contributed by atoms with Crippen LogP contribution in [0.25, 0.3) is 0 Å². The lowest BCUT2D eigenvalue weighted by Crippen LogP contribution is -1.82. The zero-order valence-corrected chi connectivity index (χ0v) is 15.3. The van der Waals surface area contributed by atoms with E-state index >= 15 is 0 Å². The summed E-state index contributed by atoms with van der Waals surface area (Å²) in [6.45, 7) is 5.26. The van der Waals surface area contributed by atoms with Crippen LogP contribution in [-0.2, 0) is 4.74 Å². The first-order valence-corrected chi connectivity index (χ1v) is 9.83. The number of allylic oxidation sites excluding steroid dienone is 2. The Morgan fingerprint density at radius 1 is 0.545 bits per heavy atom.